The van der Waals surface area contributed by atoms with Gasteiger partial charge in [-0.3, -0.25) is 4.79 Å². The van der Waals surface area contributed by atoms with Crippen molar-refractivity contribution in [2.75, 3.05) is 20.3 Å². The molecule has 2 aromatic rings. The number of nitrogens with one attached hydrogen (secondary N) is 1. The number of methoxy groups -OCH3 is 1. The summed E-state index contributed by atoms with van der Waals surface area (Å²) in [4.78, 5) is 12.3. The summed E-state index contributed by atoms with van der Waals surface area (Å²) >= 11 is 0. The van der Waals surface area contributed by atoms with Gasteiger partial charge in [-0.15, -0.1) is 0 Å². The molecule has 0 saturated heterocycles. The van der Waals surface area contributed by atoms with Gasteiger partial charge in [0.25, 0.3) is 0 Å². The predicted molar refractivity (Wildman–Crippen MR) is 104 cm³/mol. The van der Waals surface area contributed by atoms with Crippen molar-refractivity contribution in [3.05, 3.63) is 59.4 Å². The maximum Gasteiger partial charge on any atom is 0.240 e. The molecule has 0 heterocycles. The maximum absolute atomic E-state index is 13.0. The fourth-order valence-corrected chi connectivity index (χ4v) is 3.92. The standard InChI is InChI=1S/C20H24FNO5S/c1-14-12-18(8-9-20(14)27-11-10-26-3)28(24,25)22-15(2)13-19(23)16-4-6-17(21)7-5-16/h4-9,12,15,22H,10-11,13H2,1-3H3. The van der Waals surface area contributed by atoms with E-state index in [0.717, 1.165) is 0 Å². The van der Waals surface area contributed by atoms with Crippen LogP contribution in [-0.4, -0.2) is 40.6 Å². The van der Waals surface area contributed by atoms with Crippen LogP contribution in [-0.2, 0) is 14.8 Å². The summed E-state index contributed by atoms with van der Waals surface area (Å²) in [5.41, 5.74) is 1.01. The number of hydrogen-bond donors (Lipinski definition) is 1. The van der Waals surface area contributed by atoms with E-state index < -0.39 is 21.9 Å². The van der Waals surface area contributed by atoms with E-state index in [1.165, 1.54) is 36.4 Å². The minimum absolute atomic E-state index is 0.0396. The topological polar surface area (TPSA) is 81.7 Å². The summed E-state index contributed by atoms with van der Waals surface area (Å²) in [6.45, 7) is 4.15. The van der Waals surface area contributed by atoms with Crippen molar-refractivity contribution < 1.29 is 27.1 Å². The molecule has 8 heteroatoms. The number of aryl methyl sites for hydroxylation is 1. The number of rotatable bonds is 10. The molecule has 152 valence electrons. The Morgan fingerprint density at radius 2 is 1.82 bits per heavy atom. The minimum Gasteiger partial charge on any atom is -0.491 e. The molecule has 0 aliphatic carbocycles. The van der Waals surface area contributed by atoms with E-state index in [-0.39, 0.29) is 17.1 Å². The van der Waals surface area contributed by atoms with Gasteiger partial charge in [-0.05, 0) is 61.9 Å². The fourth-order valence-electron chi connectivity index (χ4n) is 2.59. The number of sulfonamides is 1. The summed E-state index contributed by atoms with van der Waals surface area (Å²) in [6, 6.07) is 9.08. The predicted octanol–water partition coefficient (Wildman–Crippen LogP) is 3.10. The Bertz CT molecular complexity index is 913. The first-order valence-electron chi connectivity index (χ1n) is 8.76. The third kappa shape index (κ3) is 6.12. The summed E-state index contributed by atoms with van der Waals surface area (Å²) in [5, 5.41) is 0. The lowest BCUT2D eigenvalue weighted by atomic mass is 10.1. The Balaban J connectivity index is 2.02. The van der Waals surface area contributed by atoms with Gasteiger partial charge in [0.05, 0.1) is 11.5 Å². The lowest BCUT2D eigenvalue weighted by Gasteiger charge is -2.15. The molecule has 0 fully saturated rings. The smallest absolute Gasteiger partial charge is 0.240 e. The highest BCUT2D eigenvalue weighted by molar-refractivity contribution is 7.89. The molecule has 0 saturated carbocycles. The zero-order valence-corrected chi connectivity index (χ0v) is 16.9. The zero-order valence-electron chi connectivity index (χ0n) is 16.1. The van der Waals surface area contributed by atoms with Crippen LogP contribution in [0.15, 0.2) is 47.4 Å². The monoisotopic (exact) mass is 409 g/mol. The first-order valence-corrected chi connectivity index (χ1v) is 10.2. The number of hydrogen-bond acceptors (Lipinski definition) is 5. The molecule has 28 heavy (non-hydrogen) atoms. The second kappa shape index (κ2) is 9.77. The van der Waals surface area contributed by atoms with Crippen molar-refractivity contribution in [2.45, 2.75) is 31.2 Å². The van der Waals surface area contributed by atoms with Crippen LogP contribution in [0, 0.1) is 12.7 Å². The Hall–Kier alpha value is -2.29. The van der Waals surface area contributed by atoms with Crippen molar-refractivity contribution in [3.8, 4) is 5.75 Å². The van der Waals surface area contributed by atoms with Crippen LogP contribution in [0.25, 0.3) is 0 Å². The molecule has 0 spiro atoms. The van der Waals surface area contributed by atoms with E-state index in [2.05, 4.69) is 4.72 Å². The van der Waals surface area contributed by atoms with E-state index in [0.29, 0.717) is 30.1 Å². The molecular weight excluding hydrogens is 385 g/mol. The van der Waals surface area contributed by atoms with E-state index >= 15 is 0 Å². The Morgan fingerprint density at radius 3 is 2.43 bits per heavy atom. The number of carbonyl (C=O) groups excluding carboxylic acids is 1. The van der Waals surface area contributed by atoms with Crippen LogP contribution in [0.5, 0.6) is 5.75 Å². The fraction of sp³-hybridized carbons (Fsp3) is 0.350. The van der Waals surface area contributed by atoms with Gasteiger partial charge in [-0.25, -0.2) is 17.5 Å². The molecule has 2 aromatic carbocycles. The summed E-state index contributed by atoms with van der Waals surface area (Å²) in [6.07, 6.45) is -0.0396. The van der Waals surface area contributed by atoms with Gasteiger partial charge < -0.3 is 9.47 Å². The van der Waals surface area contributed by atoms with Crippen LogP contribution >= 0.6 is 0 Å². The third-order valence-electron chi connectivity index (χ3n) is 4.02. The van der Waals surface area contributed by atoms with Gasteiger partial charge in [0.15, 0.2) is 5.78 Å². The molecule has 1 N–H and O–H groups in total. The lowest BCUT2D eigenvalue weighted by molar-refractivity contribution is 0.0974. The number of Topliss-reactive ketones (excluding diaryl/α,β-unsaturated/α-hetero) is 1. The molecule has 0 aliphatic rings. The molecule has 0 aromatic heterocycles. The second-order valence-corrected chi connectivity index (χ2v) is 8.14. The number of carbonyl (C=O) groups is 1. The van der Waals surface area contributed by atoms with E-state index in [4.69, 9.17) is 9.47 Å². The van der Waals surface area contributed by atoms with Gasteiger partial charge in [-0.1, -0.05) is 0 Å². The zero-order chi connectivity index (χ0) is 20.7. The highest BCUT2D eigenvalue weighted by atomic mass is 32.2. The van der Waals surface area contributed by atoms with E-state index in [9.17, 15) is 17.6 Å². The van der Waals surface area contributed by atoms with Crippen LogP contribution in [0.3, 0.4) is 0 Å². The summed E-state index contributed by atoms with van der Waals surface area (Å²) < 4.78 is 51.1. The number of halogens is 1. The molecular formula is C20H24FNO5S. The number of benzene rings is 2. The van der Waals surface area contributed by atoms with Crippen LogP contribution in [0.1, 0.15) is 29.3 Å². The third-order valence-corrected chi connectivity index (χ3v) is 5.60. The van der Waals surface area contributed by atoms with Crippen LogP contribution in [0.4, 0.5) is 4.39 Å². The molecule has 1 unspecified atom stereocenters. The number of ketones is 1. The van der Waals surface area contributed by atoms with Gasteiger partial charge in [0, 0.05) is 25.1 Å². The molecule has 2 rings (SSSR count). The Labute approximate surface area is 164 Å². The first-order chi connectivity index (χ1) is 13.2. The van der Waals surface area contributed by atoms with Crippen molar-refractivity contribution in [1.82, 2.24) is 4.72 Å². The number of ether oxygens (including phenoxy) is 2. The van der Waals surface area contributed by atoms with Crippen molar-refractivity contribution >= 4 is 15.8 Å². The Morgan fingerprint density at radius 1 is 1.14 bits per heavy atom. The lowest BCUT2D eigenvalue weighted by Crippen LogP contribution is -2.34. The molecule has 0 radical (unpaired) electrons. The molecule has 0 bridgehead atoms. The van der Waals surface area contributed by atoms with Crippen molar-refractivity contribution in [2.24, 2.45) is 0 Å². The average Bonchev–Trinajstić information content (AvgIpc) is 2.63. The van der Waals surface area contributed by atoms with E-state index in [1.807, 2.05) is 0 Å². The van der Waals surface area contributed by atoms with Crippen molar-refractivity contribution in [1.29, 1.82) is 0 Å². The Kier molecular flexibility index (Phi) is 7.68. The normalized spacial score (nSPS) is 12.6. The highest BCUT2D eigenvalue weighted by Gasteiger charge is 2.20. The van der Waals surface area contributed by atoms with Gasteiger partial charge in [0.2, 0.25) is 10.0 Å². The molecule has 1 atom stereocenters. The second-order valence-electron chi connectivity index (χ2n) is 6.43. The summed E-state index contributed by atoms with van der Waals surface area (Å²) in [7, 11) is -2.23. The summed E-state index contributed by atoms with van der Waals surface area (Å²) in [5.74, 6) is -0.126. The first kappa shape index (κ1) is 22.0. The van der Waals surface area contributed by atoms with Gasteiger partial charge >= 0.3 is 0 Å². The van der Waals surface area contributed by atoms with Crippen LogP contribution in [0.2, 0.25) is 0 Å². The highest BCUT2D eigenvalue weighted by Crippen LogP contribution is 2.22. The van der Waals surface area contributed by atoms with E-state index in [1.54, 1.807) is 27.0 Å². The molecule has 6 nitrogen and oxygen atoms in total. The SMILES string of the molecule is COCCOc1ccc(S(=O)(=O)NC(C)CC(=O)c2ccc(F)cc2)cc1C. The quantitative estimate of drug-likeness (QED) is 0.482. The van der Waals surface area contributed by atoms with Gasteiger partial charge in [-0.2, -0.15) is 0 Å². The molecule has 0 amide bonds. The largest absolute Gasteiger partial charge is 0.491 e. The molecule has 0 aliphatic heterocycles. The van der Waals surface area contributed by atoms with Gasteiger partial charge in [0.1, 0.15) is 18.2 Å². The minimum atomic E-state index is -3.80. The van der Waals surface area contributed by atoms with Crippen molar-refractivity contribution in [3.63, 3.8) is 0 Å². The average molecular weight is 409 g/mol. The maximum atomic E-state index is 13.0. The van der Waals surface area contributed by atoms with Crippen LogP contribution < -0.4 is 9.46 Å².